The van der Waals surface area contributed by atoms with Gasteiger partial charge < -0.3 is 13.6 Å². The van der Waals surface area contributed by atoms with Crippen molar-refractivity contribution in [3.63, 3.8) is 0 Å². The summed E-state index contributed by atoms with van der Waals surface area (Å²) in [5.41, 5.74) is 0. The Balaban J connectivity index is 4.13. The Morgan fingerprint density at radius 3 is 2.25 bits per heavy atom. The molecule has 0 aliphatic heterocycles. The van der Waals surface area contributed by atoms with Crippen LogP contribution in [0, 0.1) is 0 Å². The molecule has 5 heteroatoms. The minimum absolute atomic E-state index is 0.125. The molecule has 1 unspecified atom stereocenters. The quantitative estimate of drug-likeness (QED) is 0.353. The minimum Gasteiger partial charge on any atom is -0.459 e. The summed E-state index contributed by atoms with van der Waals surface area (Å²) < 4.78 is 16.2. The lowest BCUT2D eigenvalue weighted by Gasteiger charge is -2.20. The maximum Gasteiger partial charge on any atom is 0.330 e. The first-order chi connectivity index (χ1) is 7.67. The summed E-state index contributed by atoms with van der Waals surface area (Å²) in [6.45, 7) is 10.5. The highest BCUT2D eigenvalue weighted by atomic mass is 28.3. The van der Waals surface area contributed by atoms with Gasteiger partial charge in [-0.05, 0) is 20.3 Å². The number of carbonyl (C=O) groups excluding carboxylic acids is 1. The first-order valence-corrected chi connectivity index (χ1v) is 7.49. The molecule has 94 valence electrons. The average Bonchev–Trinajstić information content (AvgIpc) is 2.28. The Labute approximate surface area is 99.4 Å². The lowest BCUT2D eigenvalue weighted by molar-refractivity contribution is -0.142. The fraction of sp³-hybridized carbons (Fsp3) is 0.727. The zero-order valence-corrected chi connectivity index (χ0v) is 11.6. The van der Waals surface area contributed by atoms with Crippen LogP contribution in [0.25, 0.3) is 0 Å². The van der Waals surface area contributed by atoms with Crippen LogP contribution in [0.2, 0.25) is 6.04 Å². The van der Waals surface area contributed by atoms with Crippen molar-refractivity contribution < 1.29 is 18.4 Å². The molecular weight excluding hydrogens is 224 g/mol. The van der Waals surface area contributed by atoms with E-state index >= 15 is 0 Å². The van der Waals surface area contributed by atoms with E-state index in [1.807, 2.05) is 20.8 Å². The molecule has 0 bridgehead atoms. The van der Waals surface area contributed by atoms with Gasteiger partial charge in [0.1, 0.15) is 6.10 Å². The van der Waals surface area contributed by atoms with Crippen LogP contribution < -0.4 is 0 Å². The van der Waals surface area contributed by atoms with E-state index in [-0.39, 0.29) is 12.1 Å². The fourth-order valence-corrected chi connectivity index (χ4v) is 3.25. The maximum atomic E-state index is 11.1. The van der Waals surface area contributed by atoms with Crippen LogP contribution in [0.1, 0.15) is 27.2 Å². The molecule has 0 aromatic rings. The summed E-state index contributed by atoms with van der Waals surface area (Å²) in [4.78, 5) is 11.1. The fourth-order valence-electron chi connectivity index (χ4n) is 1.28. The van der Waals surface area contributed by atoms with Crippen molar-refractivity contribution in [3.8, 4) is 0 Å². The predicted molar refractivity (Wildman–Crippen MR) is 65.6 cm³/mol. The summed E-state index contributed by atoms with van der Waals surface area (Å²) in [5, 5.41) is 0. The Bertz CT molecular complexity index is 202. The van der Waals surface area contributed by atoms with Gasteiger partial charge in [0.05, 0.1) is 0 Å². The van der Waals surface area contributed by atoms with Crippen molar-refractivity contribution >= 4 is 15.3 Å². The van der Waals surface area contributed by atoms with Gasteiger partial charge >= 0.3 is 15.3 Å². The molecule has 0 amide bonds. The largest absolute Gasteiger partial charge is 0.459 e. The van der Waals surface area contributed by atoms with Gasteiger partial charge in [0.25, 0.3) is 0 Å². The third-order valence-electron chi connectivity index (χ3n) is 2.07. The summed E-state index contributed by atoms with van der Waals surface area (Å²) >= 11 is 0. The summed E-state index contributed by atoms with van der Waals surface area (Å²) in [7, 11) is -1.69. The molecular formula is C11H22O4Si. The van der Waals surface area contributed by atoms with Crippen LogP contribution in [-0.2, 0) is 18.4 Å². The van der Waals surface area contributed by atoms with E-state index in [1.165, 1.54) is 6.08 Å². The van der Waals surface area contributed by atoms with Gasteiger partial charge in [0.2, 0.25) is 0 Å². The molecule has 0 N–H and O–H groups in total. The second kappa shape index (κ2) is 9.56. The monoisotopic (exact) mass is 246 g/mol. The molecule has 0 spiro atoms. The summed E-state index contributed by atoms with van der Waals surface area (Å²) in [6, 6.07) is 0.692. The third kappa shape index (κ3) is 6.76. The second-order valence-corrected chi connectivity index (χ2v) is 5.24. The first-order valence-electron chi connectivity index (χ1n) is 5.74. The molecule has 0 radical (unpaired) electrons. The van der Waals surface area contributed by atoms with Crippen LogP contribution in [0.5, 0.6) is 0 Å². The summed E-state index contributed by atoms with van der Waals surface area (Å²) in [6.07, 6.45) is 1.82. The van der Waals surface area contributed by atoms with Gasteiger partial charge in [-0.3, -0.25) is 0 Å². The molecule has 1 atom stereocenters. The van der Waals surface area contributed by atoms with Crippen molar-refractivity contribution in [1.82, 2.24) is 0 Å². The van der Waals surface area contributed by atoms with E-state index in [2.05, 4.69) is 6.58 Å². The first kappa shape index (κ1) is 15.3. The van der Waals surface area contributed by atoms with E-state index in [0.29, 0.717) is 19.3 Å². The molecule has 0 saturated heterocycles. The van der Waals surface area contributed by atoms with Crippen LogP contribution in [0.4, 0.5) is 0 Å². The van der Waals surface area contributed by atoms with Crippen molar-refractivity contribution in [2.45, 2.75) is 39.3 Å². The second-order valence-electron chi connectivity index (χ2n) is 3.25. The molecule has 0 heterocycles. The molecule has 4 nitrogen and oxygen atoms in total. The van der Waals surface area contributed by atoms with Crippen molar-refractivity contribution in [1.29, 1.82) is 0 Å². The van der Waals surface area contributed by atoms with Crippen LogP contribution in [-0.4, -0.2) is 34.6 Å². The number of ether oxygens (including phenoxy) is 1. The number of hydrogen-bond acceptors (Lipinski definition) is 4. The Morgan fingerprint density at radius 2 is 1.88 bits per heavy atom. The topological polar surface area (TPSA) is 44.8 Å². The van der Waals surface area contributed by atoms with Gasteiger partial charge in [-0.1, -0.05) is 13.5 Å². The predicted octanol–water partition coefficient (Wildman–Crippen LogP) is 1.79. The molecule has 0 fully saturated rings. The number of carbonyl (C=O) groups is 1. The Kier molecular flexibility index (Phi) is 9.17. The number of rotatable bonds is 9. The highest BCUT2D eigenvalue weighted by molar-refractivity contribution is 6.44. The molecule has 16 heavy (non-hydrogen) atoms. The Morgan fingerprint density at radius 1 is 1.31 bits per heavy atom. The highest BCUT2D eigenvalue weighted by Gasteiger charge is 2.20. The zero-order valence-electron chi connectivity index (χ0n) is 10.4. The number of hydrogen-bond donors (Lipinski definition) is 0. The van der Waals surface area contributed by atoms with Crippen molar-refractivity contribution in [2.75, 3.05) is 13.2 Å². The van der Waals surface area contributed by atoms with E-state index < -0.39 is 9.28 Å². The average molecular weight is 246 g/mol. The standard InChI is InChI=1S/C11H22O4Si/c1-5-10(15-11(12)6-2)9-16(13-7-3)14-8-4/h6,10,16H,2,5,7-9H2,1,3-4H3. The highest BCUT2D eigenvalue weighted by Crippen LogP contribution is 2.10. The van der Waals surface area contributed by atoms with E-state index in [9.17, 15) is 4.79 Å². The van der Waals surface area contributed by atoms with Crippen LogP contribution in [0.3, 0.4) is 0 Å². The summed E-state index contributed by atoms with van der Waals surface area (Å²) in [5.74, 6) is -0.382. The van der Waals surface area contributed by atoms with E-state index in [0.717, 1.165) is 6.42 Å². The van der Waals surface area contributed by atoms with Crippen LogP contribution >= 0.6 is 0 Å². The Hall–Kier alpha value is -0.653. The molecule has 0 saturated carbocycles. The van der Waals surface area contributed by atoms with E-state index in [1.54, 1.807) is 0 Å². The zero-order chi connectivity index (χ0) is 12.4. The van der Waals surface area contributed by atoms with Gasteiger partial charge in [-0.15, -0.1) is 0 Å². The SMILES string of the molecule is C=CC(=O)OC(CC)C[SiH](OCC)OCC. The molecule has 0 aliphatic carbocycles. The lowest BCUT2D eigenvalue weighted by atomic mass is 10.3. The minimum atomic E-state index is -1.69. The molecule has 0 aromatic carbocycles. The smallest absolute Gasteiger partial charge is 0.330 e. The third-order valence-corrected chi connectivity index (χ3v) is 4.39. The number of esters is 1. The lowest BCUT2D eigenvalue weighted by Crippen LogP contribution is -2.30. The molecule has 0 aromatic heterocycles. The van der Waals surface area contributed by atoms with Crippen LogP contribution in [0.15, 0.2) is 12.7 Å². The molecule has 0 aliphatic rings. The maximum absolute atomic E-state index is 11.1. The van der Waals surface area contributed by atoms with Gasteiger partial charge in [0.15, 0.2) is 0 Å². The van der Waals surface area contributed by atoms with Gasteiger partial charge in [-0.2, -0.15) is 0 Å². The van der Waals surface area contributed by atoms with E-state index in [4.69, 9.17) is 13.6 Å². The van der Waals surface area contributed by atoms with Crippen molar-refractivity contribution in [2.24, 2.45) is 0 Å². The van der Waals surface area contributed by atoms with Gasteiger partial charge in [-0.25, -0.2) is 4.79 Å². The van der Waals surface area contributed by atoms with Crippen molar-refractivity contribution in [3.05, 3.63) is 12.7 Å². The van der Waals surface area contributed by atoms with Gasteiger partial charge in [0, 0.05) is 25.3 Å². The normalized spacial score (nSPS) is 12.5. The molecule has 0 rings (SSSR count).